The van der Waals surface area contributed by atoms with Crippen LogP contribution in [0.25, 0.3) is 0 Å². The summed E-state index contributed by atoms with van der Waals surface area (Å²) in [5.41, 5.74) is 0.549. The Morgan fingerprint density at radius 1 is 1.27 bits per heavy atom. The summed E-state index contributed by atoms with van der Waals surface area (Å²) < 4.78 is 5.56. The second-order valence-corrected chi connectivity index (χ2v) is 6.36. The number of carbonyl (C=O) groups excluding carboxylic acids is 1. The minimum Gasteiger partial charge on any atom is -0.484 e. The molecule has 0 aromatic heterocycles. The number of hydrogen-bond acceptors (Lipinski definition) is 3. The van der Waals surface area contributed by atoms with Crippen molar-refractivity contribution in [2.75, 3.05) is 19.7 Å². The smallest absolute Gasteiger partial charge is 0.260 e. The molecule has 4 nitrogen and oxygen atoms in total. The van der Waals surface area contributed by atoms with Crippen LogP contribution in [0.2, 0.25) is 0 Å². The van der Waals surface area contributed by atoms with E-state index in [2.05, 4.69) is 6.07 Å². The molecule has 0 radical (unpaired) electrons. The SMILES string of the molecule is N#Cc1cccc(OCC(=O)N2CC[C@H]3CCCC[C@H]3C2)c1. The number of carbonyl (C=O) groups is 1. The molecular formula is C18H22N2O2. The number of fused-ring (bicyclic) bond motifs is 1. The molecule has 4 heteroatoms. The van der Waals surface area contributed by atoms with Gasteiger partial charge < -0.3 is 9.64 Å². The summed E-state index contributed by atoms with van der Waals surface area (Å²) in [6.07, 6.45) is 6.40. The molecule has 1 saturated carbocycles. The predicted molar refractivity (Wildman–Crippen MR) is 83.3 cm³/mol. The molecular weight excluding hydrogens is 276 g/mol. The number of amides is 1. The van der Waals surface area contributed by atoms with Gasteiger partial charge in [0.05, 0.1) is 11.6 Å². The third kappa shape index (κ3) is 3.41. The van der Waals surface area contributed by atoms with Crippen molar-refractivity contribution in [2.45, 2.75) is 32.1 Å². The molecule has 116 valence electrons. The van der Waals surface area contributed by atoms with Gasteiger partial charge in [-0.3, -0.25) is 4.79 Å². The number of rotatable bonds is 3. The van der Waals surface area contributed by atoms with Crippen LogP contribution >= 0.6 is 0 Å². The maximum Gasteiger partial charge on any atom is 0.260 e. The van der Waals surface area contributed by atoms with Gasteiger partial charge in [-0.1, -0.05) is 25.3 Å². The molecule has 2 fully saturated rings. The standard InChI is InChI=1S/C18H22N2O2/c19-11-14-4-3-7-17(10-14)22-13-18(21)20-9-8-15-5-1-2-6-16(15)12-20/h3-4,7,10,15-16H,1-2,5-6,8-9,12-13H2/t15-,16+/m1/s1. The van der Waals surface area contributed by atoms with Crippen LogP contribution in [0.5, 0.6) is 5.75 Å². The van der Waals surface area contributed by atoms with Crippen molar-refractivity contribution < 1.29 is 9.53 Å². The summed E-state index contributed by atoms with van der Waals surface area (Å²) in [7, 11) is 0. The highest BCUT2D eigenvalue weighted by Gasteiger charge is 2.32. The lowest BCUT2D eigenvalue weighted by Gasteiger charge is -2.41. The van der Waals surface area contributed by atoms with Gasteiger partial charge in [0.15, 0.2) is 6.61 Å². The molecule has 1 aliphatic carbocycles. The van der Waals surface area contributed by atoms with Crippen molar-refractivity contribution >= 4 is 5.91 Å². The fourth-order valence-corrected chi connectivity index (χ4v) is 3.72. The van der Waals surface area contributed by atoms with E-state index in [4.69, 9.17) is 10.00 Å². The third-order valence-electron chi connectivity index (χ3n) is 4.97. The first-order chi connectivity index (χ1) is 10.8. The second-order valence-electron chi connectivity index (χ2n) is 6.36. The average Bonchev–Trinajstić information content (AvgIpc) is 2.59. The van der Waals surface area contributed by atoms with Crippen molar-refractivity contribution in [3.63, 3.8) is 0 Å². The summed E-state index contributed by atoms with van der Waals surface area (Å²) in [5.74, 6) is 2.16. The van der Waals surface area contributed by atoms with Crippen LogP contribution in [0.1, 0.15) is 37.7 Å². The molecule has 0 N–H and O–H groups in total. The molecule has 1 aromatic rings. The van der Waals surface area contributed by atoms with E-state index in [0.29, 0.717) is 17.2 Å². The van der Waals surface area contributed by atoms with E-state index in [-0.39, 0.29) is 12.5 Å². The Labute approximate surface area is 131 Å². The Bertz CT molecular complexity index is 579. The van der Waals surface area contributed by atoms with E-state index in [1.807, 2.05) is 4.90 Å². The van der Waals surface area contributed by atoms with Crippen LogP contribution < -0.4 is 4.74 Å². The highest BCUT2D eigenvalue weighted by molar-refractivity contribution is 5.77. The van der Waals surface area contributed by atoms with Crippen molar-refractivity contribution in [1.29, 1.82) is 5.26 Å². The van der Waals surface area contributed by atoms with Crippen molar-refractivity contribution in [3.8, 4) is 11.8 Å². The summed E-state index contributed by atoms with van der Waals surface area (Å²) in [6, 6.07) is 9.02. The highest BCUT2D eigenvalue weighted by Crippen LogP contribution is 2.36. The van der Waals surface area contributed by atoms with Crippen molar-refractivity contribution in [1.82, 2.24) is 4.90 Å². The Hall–Kier alpha value is -2.02. The Balaban J connectivity index is 1.52. The van der Waals surface area contributed by atoms with Crippen molar-refractivity contribution in [2.24, 2.45) is 11.8 Å². The van der Waals surface area contributed by atoms with Crippen LogP contribution in [0.4, 0.5) is 0 Å². The number of benzene rings is 1. The van der Waals surface area contributed by atoms with Crippen LogP contribution in [0, 0.1) is 23.2 Å². The lowest BCUT2D eigenvalue weighted by molar-refractivity contribution is -0.136. The molecule has 2 aliphatic rings. The van der Waals surface area contributed by atoms with Crippen LogP contribution in [0.15, 0.2) is 24.3 Å². The third-order valence-corrected chi connectivity index (χ3v) is 4.97. The molecule has 22 heavy (non-hydrogen) atoms. The first kappa shape index (κ1) is 14.9. The molecule has 1 aliphatic heterocycles. The summed E-state index contributed by atoms with van der Waals surface area (Å²) in [5, 5.41) is 8.87. The van der Waals surface area contributed by atoms with Crippen molar-refractivity contribution in [3.05, 3.63) is 29.8 Å². The van der Waals surface area contributed by atoms with Gasteiger partial charge in [-0.25, -0.2) is 0 Å². The number of nitriles is 1. The molecule has 1 saturated heterocycles. The van der Waals surface area contributed by atoms with E-state index >= 15 is 0 Å². The molecule has 0 unspecified atom stereocenters. The van der Waals surface area contributed by atoms with E-state index in [1.165, 1.54) is 25.7 Å². The number of hydrogen-bond donors (Lipinski definition) is 0. The summed E-state index contributed by atoms with van der Waals surface area (Å²) >= 11 is 0. The van der Waals surface area contributed by atoms with Gasteiger partial charge in [-0.15, -0.1) is 0 Å². The fraction of sp³-hybridized carbons (Fsp3) is 0.556. The molecule has 0 spiro atoms. The minimum absolute atomic E-state index is 0.0615. The average molecular weight is 298 g/mol. The summed E-state index contributed by atoms with van der Waals surface area (Å²) in [4.78, 5) is 14.3. The largest absolute Gasteiger partial charge is 0.484 e. The second kappa shape index (κ2) is 6.83. The Kier molecular flexibility index (Phi) is 4.62. The first-order valence-electron chi connectivity index (χ1n) is 8.17. The van der Waals surface area contributed by atoms with E-state index in [0.717, 1.165) is 25.4 Å². The quantitative estimate of drug-likeness (QED) is 0.862. The number of likely N-dealkylation sites (tertiary alicyclic amines) is 1. The highest BCUT2D eigenvalue weighted by atomic mass is 16.5. The predicted octanol–water partition coefficient (Wildman–Crippen LogP) is 2.98. The van der Waals surface area contributed by atoms with Gasteiger partial charge in [0, 0.05) is 13.1 Å². The van der Waals surface area contributed by atoms with Crippen LogP contribution in [-0.4, -0.2) is 30.5 Å². The molecule has 1 heterocycles. The number of nitrogens with zero attached hydrogens (tertiary/aromatic N) is 2. The van der Waals surface area contributed by atoms with E-state index in [9.17, 15) is 4.79 Å². The van der Waals surface area contributed by atoms with Gasteiger partial charge in [0.1, 0.15) is 5.75 Å². The van der Waals surface area contributed by atoms with Crippen LogP contribution in [0.3, 0.4) is 0 Å². The van der Waals surface area contributed by atoms with Gasteiger partial charge in [-0.05, 0) is 42.9 Å². The Morgan fingerprint density at radius 3 is 2.91 bits per heavy atom. The Morgan fingerprint density at radius 2 is 2.09 bits per heavy atom. The zero-order valence-corrected chi connectivity index (χ0v) is 12.8. The number of ether oxygens (including phenoxy) is 1. The van der Waals surface area contributed by atoms with Crippen LogP contribution in [-0.2, 0) is 4.79 Å². The van der Waals surface area contributed by atoms with E-state index in [1.54, 1.807) is 24.3 Å². The van der Waals surface area contributed by atoms with Gasteiger partial charge in [0.2, 0.25) is 0 Å². The summed E-state index contributed by atoms with van der Waals surface area (Å²) in [6.45, 7) is 1.82. The van der Waals surface area contributed by atoms with Gasteiger partial charge >= 0.3 is 0 Å². The lowest BCUT2D eigenvalue weighted by Crippen LogP contribution is -2.46. The maximum absolute atomic E-state index is 12.3. The lowest BCUT2D eigenvalue weighted by atomic mass is 9.75. The molecule has 0 bridgehead atoms. The molecule has 1 amide bonds. The zero-order chi connectivity index (χ0) is 15.4. The first-order valence-corrected chi connectivity index (χ1v) is 8.17. The molecule has 3 rings (SSSR count). The number of piperidine rings is 1. The zero-order valence-electron chi connectivity index (χ0n) is 12.8. The van der Waals surface area contributed by atoms with E-state index < -0.39 is 0 Å². The minimum atomic E-state index is 0.0615. The molecule has 2 atom stereocenters. The fourth-order valence-electron chi connectivity index (χ4n) is 3.72. The monoisotopic (exact) mass is 298 g/mol. The topological polar surface area (TPSA) is 53.3 Å². The van der Waals surface area contributed by atoms with Gasteiger partial charge in [-0.2, -0.15) is 5.26 Å². The van der Waals surface area contributed by atoms with Gasteiger partial charge in [0.25, 0.3) is 5.91 Å². The maximum atomic E-state index is 12.3. The normalized spacial score (nSPS) is 24.2. The molecule has 1 aromatic carbocycles.